The number of allylic oxidation sites excluding steroid dienone is 2. The number of carboxylic acid groups (broad SMARTS) is 1. The monoisotopic (exact) mass is 181 g/mol. The van der Waals surface area contributed by atoms with Gasteiger partial charge in [-0.1, -0.05) is 25.5 Å². The van der Waals surface area contributed by atoms with Crippen LogP contribution in [0, 0.1) is 0 Å². The second kappa shape index (κ2) is 4.70. The third kappa shape index (κ3) is 2.61. The molecule has 0 aromatic heterocycles. The zero-order valence-corrected chi connectivity index (χ0v) is 7.81. The molecule has 0 bridgehead atoms. The Morgan fingerprint density at radius 3 is 2.92 bits per heavy atom. The first-order chi connectivity index (χ1) is 6.25. The van der Waals surface area contributed by atoms with Crippen molar-refractivity contribution in [2.45, 2.75) is 25.8 Å². The normalized spacial score (nSPS) is 20.7. The number of unbranched alkanes of at least 4 members (excludes halogenated alkanes) is 1. The average molecular weight is 181 g/mol. The first-order valence-corrected chi connectivity index (χ1v) is 4.59. The fourth-order valence-electron chi connectivity index (χ4n) is 1.31. The second-order valence-corrected chi connectivity index (χ2v) is 3.10. The largest absolute Gasteiger partial charge is 0.479 e. The summed E-state index contributed by atoms with van der Waals surface area (Å²) in [6, 6.07) is -0.475. The van der Waals surface area contributed by atoms with Gasteiger partial charge in [0.15, 0.2) is 0 Å². The molecule has 1 unspecified atom stereocenters. The SMILES string of the molecule is CCCCN1C=CC=CC1C(=O)O. The standard InChI is InChI=1S/C10H15NO2/c1-2-3-7-11-8-5-4-6-9(11)10(12)13/h4-6,8-9H,2-3,7H2,1H3,(H,12,13). The van der Waals surface area contributed by atoms with Gasteiger partial charge in [0.25, 0.3) is 0 Å². The minimum Gasteiger partial charge on any atom is -0.479 e. The van der Waals surface area contributed by atoms with E-state index in [-0.39, 0.29) is 0 Å². The molecule has 0 saturated heterocycles. The zero-order valence-electron chi connectivity index (χ0n) is 7.81. The van der Waals surface area contributed by atoms with Crippen molar-refractivity contribution in [2.24, 2.45) is 0 Å². The summed E-state index contributed by atoms with van der Waals surface area (Å²) in [6.07, 6.45) is 9.31. The summed E-state index contributed by atoms with van der Waals surface area (Å²) in [5, 5.41) is 8.88. The van der Waals surface area contributed by atoms with Gasteiger partial charge in [0.05, 0.1) is 0 Å². The van der Waals surface area contributed by atoms with Crippen LogP contribution in [0.25, 0.3) is 0 Å². The predicted molar refractivity (Wildman–Crippen MR) is 51.3 cm³/mol. The molecule has 72 valence electrons. The van der Waals surface area contributed by atoms with Gasteiger partial charge in [-0.3, -0.25) is 0 Å². The highest BCUT2D eigenvalue weighted by Gasteiger charge is 2.20. The summed E-state index contributed by atoms with van der Waals surface area (Å²) in [4.78, 5) is 12.7. The van der Waals surface area contributed by atoms with Crippen molar-refractivity contribution < 1.29 is 9.90 Å². The Morgan fingerprint density at radius 1 is 1.54 bits per heavy atom. The van der Waals surface area contributed by atoms with Crippen molar-refractivity contribution in [1.29, 1.82) is 0 Å². The number of carbonyl (C=O) groups is 1. The maximum atomic E-state index is 10.8. The lowest BCUT2D eigenvalue weighted by atomic mass is 10.1. The van der Waals surface area contributed by atoms with Crippen molar-refractivity contribution in [2.75, 3.05) is 6.54 Å². The molecule has 0 spiro atoms. The van der Waals surface area contributed by atoms with Crippen molar-refractivity contribution >= 4 is 5.97 Å². The molecule has 1 atom stereocenters. The number of aliphatic carboxylic acids is 1. The van der Waals surface area contributed by atoms with E-state index < -0.39 is 12.0 Å². The quantitative estimate of drug-likeness (QED) is 0.716. The van der Waals surface area contributed by atoms with E-state index >= 15 is 0 Å². The molecule has 1 N–H and O–H groups in total. The molecule has 1 rings (SSSR count). The molecule has 0 aromatic carbocycles. The third-order valence-corrected chi connectivity index (χ3v) is 2.06. The van der Waals surface area contributed by atoms with Gasteiger partial charge in [-0.2, -0.15) is 0 Å². The molecule has 0 amide bonds. The summed E-state index contributed by atoms with van der Waals surface area (Å²) >= 11 is 0. The van der Waals surface area contributed by atoms with Gasteiger partial charge in [-0.05, 0) is 12.5 Å². The van der Waals surface area contributed by atoms with Crippen molar-refractivity contribution in [3.05, 3.63) is 24.4 Å². The Balaban J connectivity index is 2.54. The van der Waals surface area contributed by atoms with Crippen molar-refractivity contribution in [3.8, 4) is 0 Å². The summed E-state index contributed by atoms with van der Waals surface area (Å²) in [6.45, 7) is 2.91. The van der Waals surface area contributed by atoms with Crippen LogP contribution in [-0.2, 0) is 4.79 Å². The number of nitrogens with zero attached hydrogens (tertiary/aromatic N) is 1. The van der Waals surface area contributed by atoms with E-state index in [2.05, 4.69) is 6.92 Å². The van der Waals surface area contributed by atoms with Crippen LogP contribution in [0.2, 0.25) is 0 Å². The first-order valence-electron chi connectivity index (χ1n) is 4.59. The number of hydrogen-bond donors (Lipinski definition) is 1. The molecule has 0 fully saturated rings. The van der Waals surface area contributed by atoms with Crippen LogP contribution in [0.4, 0.5) is 0 Å². The lowest BCUT2D eigenvalue weighted by molar-refractivity contribution is -0.140. The van der Waals surface area contributed by atoms with E-state index in [9.17, 15) is 4.79 Å². The molecule has 1 aliphatic rings. The highest BCUT2D eigenvalue weighted by atomic mass is 16.4. The van der Waals surface area contributed by atoms with Gasteiger partial charge in [0.2, 0.25) is 0 Å². The van der Waals surface area contributed by atoms with Crippen LogP contribution < -0.4 is 0 Å². The average Bonchev–Trinajstić information content (AvgIpc) is 2.15. The van der Waals surface area contributed by atoms with Gasteiger partial charge >= 0.3 is 5.97 Å². The number of carboxylic acids is 1. The minimum atomic E-state index is -0.781. The third-order valence-electron chi connectivity index (χ3n) is 2.06. The van der Waals surface area contributed by atoms with E-state index in [4.69, 9.17) is 5.11 Å². The molecule has 3 nitrogen and oxygen atoms in total. The van der Waals surface area contributed by atoms with Gasteiger partial charge in [-0.15, -0.1) is 0 Å². The van der Waals surface area contributed by atoms with Crippen LogP contribution in [-0.4, -0.2) is 28.6 Å². The van der Waals surface area contributed by atoms with E-state index in [1.165, 1.54) is 0 Å². The molecular formula is C10H15NO2. The van der Waals surface area contributed by atoms with E-state index in [1.807, 2.05) is 17.2 Å². The molecule has 3 heteroatoms. The van der Waals surface area contributed by atoms with Gasteiger partial charge in [0.1, 0.15) is 6.04 Å². The smallest absolute Gasteiger partial charge is 0.330 e. The maximum Gasteiger partial charge on any atom is 0.330 e. The van der Waals surface area contributed by atoms with E-state index in [0.29, 0.717) is 0 Å². The lowest BCUT2D eigenvalue weighted by Gasteiger charge is -2.26. The molecule has 0 aliphatic carbocycles. The summed E-state index contributed by atoms with van der Waals surface area (Å²) in [5.74, 6) is -0.781. The lowest BCUT2D eigenvalue weighted by Crippen LogP contribution is -2.37. The van der Waals surface area contributed by atoms with Crippen LogP contribution in [0.3, 0.4) is 0 Å². The molecule has 0 radical (unpaired) electrons. The number of hydrogen-bond acceptors (Lipinski definition) is 2. The second-order valence-electron chi connectivity index (χ2n) is 3.10. The highest BCUT2D eigenvalue weighted by Crippen LogP contribution is 2.09. The molecule has 13 heavy (non-hydrogen) atoms. The summed E-state index contributed by atoms with van der Waals surface area (Å²) in [5.41, 5.74) is 0. The van der Waals surface area contributed by atoms with Gasteiger partial charge in [-0.25, -0.2) is 4.79 Å². The van der Waals surface area contributed by atoms with E-state index in [1.54, 1.807) is 12.2 Å². The summed E-state index contributed by atoms with van der Waals surface area (Å²) in [7, 11) is 0. The van der Waals surface area contributed by atoms with Crippen LogP contribution in [0.15, 0.2) is 24.4 Å². The van der Waals surface area contributed by atoms with E-state index in [0.717, 1.165) is 19.4 Å². The Hall–Kier alpha value is -1.25. The Bertz CT molecular complexity index is 233. The molecule has 0 aromatic rings. The number of rotatable bonds is 4. The first kappa shape index (κ1) is 9.84. The Labute approximate surface area is 78.4 Å². The topological polar surface area (TPSA) is 40.5 Å². The molecule has 0 saturated carbocycles. The van der Waals surface area contributed by atoms with Crippen LogP contribution in [0.1, 0.15) is 19.8 Å². The van der Waals surface area contributed by atoms with Crippen molar-refractivity contribution in [1.82, 2.24) is 4.90 Å². The summed E-state index contributed by atoms with van der Waals surface area (Å²) < 4.78 is 0. The zero-order chi connectivity index (χ0) is 9.68. The fraction of sp³-hybridized carbons (Fsp3) is 0.500. The van der Waals surface area contributed by atoms with Gasteiger partial charge in [0, 0.05) is 12.7 Å². The van der Waals surface area contributed by atoms with Crippen LogP contribution >= 0.6 is 0 Å². The highest BCUT2D eigenvalue weighted by molar-refractivity contribution is 5.76. The maximum absolute atomic E-state index is 10.8. The molecular weight excluding hydrogens is 166 g/mol. The Morgan fingerprint density at radius 2 is 2.31 bits per heavy atom. The fourth-order valence-corrected chi connectivity index (χ4v) is 1.31. The van der Waals surface area contributed by atoms with Crippen LogP contribution in [0.5, 0.6) is 0 Å². The predicted octanol–water partition coefficient (Wildman–Crippen LogP) is 1.63. The Kier molecular flexibility index (Phi) is 3.55. The van der Waals surface area contributed by atoms with Crippen molar-refractivity contribution in [3.63, 3.8) is 0 Å². The van der Waals surface area contributed by atoms with Gasteiger partial charge < -0.3 is 10.0 Å². The molecule has 1 aliphatic heterocycles. The minimum absolute atomic E-state index is 0.475. The molecule has 1 heterocycles.